The Balaban J connectivity index is 0.900. The monoisotopic (exact) mass is 784 g/mol. The molecule has 60 heavy (non-hydrogen) atoms. The van der Waals surface area contributed by atoms with Gasteiger partial charge in [0.1, 0.15) is 0 Å². The van der Waals surface area contributed by atoms with Crippen molar-refractivity contribution in [2.24, 2.45) is 0 Å². The van der Waals surface area contributed by atoms with Crippen LogP contribution in [0.1, 0.15) is 0 Å². The fraction of sp³-hybridized carbons (Fsp3) is 0. The number of thiophene rings is 1. The lowest BCUT2D eigenvalue weighted by Gasteiger charge is -2.26. The number of benzene rings is 9. The normalized spacial score (nSPS) is 11.7. The van der Waals surface area contributed by atoms with Crippen LogP contribution in [0.25, 0.3) is 87.1 Å². The molecule has 0 saturated carbocycles. The minimum atomic E-state index is 0.913. The average molecular weight is 785 g/mol. The van der Waals surface area contributed by atoms with Crippen molar-refractivity contribution in [3.05, 3.63) is 218 Å². The zero-order valence-electron chi connectivity index (χ0n) is 32.5. The van der Waals surface area contributed by atoms with E-state index in [0.29, 0.717) is 0 Å². The van der Waals surface area contributed by atoms with Crippen molar-refractivity contribution in [2.45, 2.75) is 0 Å². The van der Waals surface area contributed by atoms with Crippen LogP contribution >= 0.6 is 11.3 Å². The van der Waals surface area contributed by atoms with Gasteiger partial charge < -0.3 is 4.90 Å². The second kappa shape index (κ2) is 14.0. The van der Waals surface area contributed by atoms with E-state index in [1.807, 2.05) is 17.4 Å². The minimum absolute atomic E-state index is 0.913. The summed E-state index contributed by atoms with van der Waals surface area (Å²) in [7, 11) is 0. The van der Waals surface area contributed by atoms with E-state index in [0.717, 1.165) is 61.7 Å². The predicted octanol–water partition coefficient (Wildman–Crippen LogP) is 15.3. The number of nitrogens with zero attached hydrogens (tertiary/aromatic N) is 4. The number of rotatable bonds is 7. The SMILES string of the molecule is c1ccc(-c2ccc(N(c3ccc(-c4ccc(-n5c6ccccc6n6c7ccccc7nc56)cc4)cc3)c3ccc(-c4cccc5c4sc4ccccc45)cc3)cc2)cc1. The van der Waals surface area contributed by atoms with Crippen molar-refractivity contribution >= 4 is 76.4 Å². The number of anilines is 3. The number of para-hydroxylation sites is 4. The lowest BCUT2D eigenvalue weighted by Crippen LogP contribution is -2.09. The van der Waals surface area contributed by atoms with Gasteiger partial charge in [0.15, 0.2) is 0 Å². The molecule has 4 nitrogen and oxygen atoms in total. The molecular formula is C55H36N4S. The molecule has 0 unspecified atom stereocenters. The first kappa shape index (κ1) is 34.3. The second-order valence-corrected chi connectivity index (χ2v) is 16.3. The molecule has 282 valence electrons. The van der Waals surface area contributed by atoms with Gasteiger partial charge >= 0.3 is 0 Å². The fourth-order valence-corrected chi connectivity index (χ4v) is 10.1. The van der Waals surface area contributed by atoms with Gasteiger partial charge in [-0.05, 0) is 112 Å². The molecule has 0 amide bonds. The quantitative estimate of drug-likeness (QED) is 0.161. The number of fused-ring (bicyclic) bond motifs is 8. The van der Waals surface area contributed by atoms with Crippen molar-refractivity contribution in [3.8, 4) is 39.1 Å². The molecule has 5 heteroatoms. The van der Waals surface area contributed by atoms with Gasteiger partial charge in [0, 0.05) is 42.9 Å². The molecule has 3 aromatic heterocycles. The molecule has 9 aromatic carbocycles. The van der Waals surface area contributed by atoms with Crippen molar-refractivity contribution in [1.82, 2.24) is 14.0 Å². The average Bonchev–Trinajstić information content (AvgIpc) is 3.99. The molecule has 0 aliphatic carbocycles. The highest BCUT2D eigenvalue weighted by Gasteiger charge is 2.18. The van der Waals surface area contributed by atoms with E-state index in [1.54, 1.807) is 0 Å². The molecule has 12 rings (SSSR count). The number of hydrogen-bond donors (Lipinski definition) is 0. The smallest absolute Gasteiger partial charge is 0.220 e. The summed E-state index contributed by atoms with van der Waals surface area (Å²) in [6.07, 6.45) is 0. The van der Waals surface area contributed by atoms with E-state index in [4.69, 9.17) is 4.98 Å². The number of imidazole rings is 2. The van der Waals surface area contributed by atoms with E-state index in [9.17, 15) is 0 Å². The molecule has 0 aliphatic rings. The molecule has 0 saturated heterocycles. The summed E-state index contributed by atoms with van der Waals surface area (Å²) in [5.41, 5.74) is 15.9. The van der Waals surface area contributed by atoms with Crippen LogP contribution in [0.3, 0.4) is 0 Å². The van der Waals surface area contributed by atoms with Crippen molar-refractivity contribution in [2.75, 3.05) is 4.90 Å². The van der Waals surface area contributed by atoms with Crippen molar-refractivity contribution < 1.29 is 0 Å². The molecule has 12 aromatic rings. The molecule has 0 bridgehead atoms. The third-order valence-electron chi connectivity index (χ3n) is 11.8. The Hall–Kier alpha value is -7.73. The van der Waals surface area contributed by atoms with Crippen molar-refractivity contribution in [1.29, 1.82) is 0 Å². The summed E-state index contributed by atoms with van der Waals surface area (Å²) in [6, 6.07) is 78.6. The molecule has 3 heterocycles. The largest absolute Gasteiger partial charge is 0.311 e. The van der Waals surface area contributed by atoms with Crippen LogP contribution in [0.15, 0.2) is 218 Å². The van der Waals surface area contributed by atoms with Gasteiger partial charge in [-0.2, -0.15) is 0 Å². The highest BCUT2D eigenvalue weighted by molar-refractivity contribution is 7.26. The molecule has 0 atom stereocenters. The third-order valence-corrected chi connectivity index (χ3v) is 13.0. The Morgan fingerprint density at radius 2 is 0.900 bits per heavy atom. The zero-order chi connectivity index (χ0) is 39.6. The lowest BCUT2D eigenvalue weighted by molar-refractivity contribution is 1.11. The van der Waals surface area contributed by atoms with Gasteiger partial charge in [-0.1, -0.05) is 140 Å². The first-order valence-electron chi connectivity index (χ1n) is 20.3. The minimum Gasteiger partial charge on any atom is -0.311 e. The maximum absolute atomic E-state index is 5.07. The summed E-state index contributed by atoms with van der Waals surface area (Å²) in [6.45, 7) is 0. The van der Waals surface area contributed by atoms with Crippen molar-refractivity contribution in [3.63, 3.8) is 0 Å². The van der Waals surface area contributed by atoms with Crippen LogP contribution in [0, 0.1) is 0 Å². The topological polar surface area (TPSA) is 25.5 Å². The number of aromatic nitrogens is 3. The lowest BCUT2D eigenvalue weighted by atomic mass is 10.0. The van der Waals surface area contributed by atoms with Gasteiger partial charge in [0.05, 0.1) is 22.1 Å². The highest BCUT2D eigenvalue weighted by atomic mass is 32.1. The molecule has 0 aliphatic heterocycles. The van der Waals surface area contributed by atoms with Crippen LogP contribution in [0.4, 0.5) is 17.1 Å². The van der Waals surface area contributed by atoms with Crippen LogP contribution in [0.5, 0.6) is 0 Å². The Morgan fingerprint density at radius 1 is 0.383 bits per heavy atom. The van der Waals surface area contributed by atoms with Gasteiger partial charge in [-0.15, -0.1) is 11.3 Å². The van der Waals surface area contributed by atoms with Gasteiger partial charge in [0.2, 0.25) is 5.78 Å². The third kappa shape index (κ3) is 5.63. The van der Waals surface area contributed by atoms with Crippen LogP contribution < -0.4 is 4.90 Å². The standard InChI is InChI=1S/C55H36N4S/c1-2-11-37(12-3-1)38-21-29-42(30-22-38)57(44-35-27-41(28-36-44)46-14-10-15-48-47-13-4-9-20-53(47)60-54(46)48)43-31-23-39(24-32-43)40-25-33-45(34-26-40)58-51-18-7-8-19-52(51)59-50-17-6-5-16-49(50)56-55(58)59/h1-36H. The summed E-state index contributed by atoms with van der Waals surface area (Å²) < 4.78 is 7.17. The summed E-state index contributed by atoms with van der Waals surface area (Å²) in [5.74, 6) is 0.913. The van der Waals surface area contributed by atoms with Gasteiger partial charge in [-0.3, -0.25) is 8.97 Å². The van der Waals surface area contributed by atoms with Gasteiger partial charge in [0.25, 0.3) is 0 Å². The summed E-state index contributed by atoms with van der Waals surface area (Å²) >= 11 is 1.87. The second-order valence-electron chi connectivity index (χ2n) is 15.2. The maximum atomic E-state index is 5.07. The zero-order valence-corrected chi connectivity index (χ0v) is 33.3. The Bertz CT molecular complexity index is 3510. The molecule has 0 N–H and O–H groups in total. The maximum Gasteiger partial charge on any atom is 0.220 e. The van der Waals surface area contributed by atoms with Crippen LogP contribution in [-0.4, -0.2) is 14.0 Å². The molecule has 0 spiro atoms. The summed E-state index contributed by atoms with van der Waals surface area (Å²) in [4.78, 5) is 7.42. The highest BCUT2D eigenvalue weighted by Crippen LogP contribution is 2.42. The van der Waals surface area contributed by atoms with Crippen LogP contribution in [-0.2, 0) is 0 Å². The van der Waals surface area contributed by atoms with E-state index < -0.39 is 0 Å². The van der Waals surface area contributed by atoms with E-state index >= 15 is 0 Å². The molecule has 0 radical (unpaired) electrons. The predicted molar refractivity (Wildman–Crippen MR) is 253 cm³/mol. The molecular weight excluding hydrogens is 749 g/mol. The number of hydrogen-bond acceptors (Lipinski definition) is 3. The van der Waals surface area contributed by atoms with E-state index in [1.165, 1.54) is 42.4 Å². The van der Waals surface area contributed by atoms with Gasteiger partial charge in [-0.25, -0.2) is 4.98 Å². The Labute approximate surface area is 351 Å². The Kier molecular flexibility index (Phi) is 8.00. The Morgan fingerprint density at radius 3 is 1.58 bits per heavy atom. The molecule has 0 fully saturated rings. The summed E-state index contributed by atoms with van der Waals surface area (Å²) in [5, 5.41) is 2.63. The van der Waals surface area contributed by atoms with E-state index in [-0.39, 0.29) is 0 Å². The first-order chi connectivity index (χ1) is 29.7. The first-order valence-corrected chi connectivity index (χ1v) is 21.1. The van der Waals surface area contributed by atoms with E-state index in [2.05, 4.69) is 226 Å². The van der Waals surface area contributed by atoms with Crippen LogP contribution in [0.2, 0.25) is 0 Å². The fourth-order valence-electron chi connectivity index (χ4n) is 8.86.